The minimum Gasteiger partial charge on any atom is -0.467 e. The highest BCUT2D eigenvalue weighted by Gasteiger charge is 2.47. The summed E-state index contributed by atoms with van der Waals surface area (Å²) in [4.78, 5) is 35.4. The molecule has 2 bridgehead atoms. The number of methoxy groups -OCH3 is 1. The third kappa shape index (κ3) is 6.52. The van der Waals surface area contributed by atoms with E-state index in [1.807, 2.05) is 25.7 Å². The summed E-state index contributed by atoms with van der Waals surface area (Å²) in [5.41, 5.74) is 0.676. The second-order valence-corrected chi connectivity index (χ2v) is 17.0. The van der Waals surface area contributed by atoms with Crippen molar-refractivity contribution >= 4 is 33.8 Å². The van der Waals surface area contributed by atoms with Crippen molar-refractivity contribution < 1.29 is 32.9 Å². The van der Waals surface area contributed by atoms with E-state index in [0.717, 1.165) is 76.4 Å². The lowest BCUT2D eigenvalue weighted by Crippen LogP contribution is -2.57. The van der Waals surface area contributed by atoms with E-state index in [-0.39, 0.29) is 48.1 Å². The number of amides is 1. The van der Waals surface area contributed by atoms with Crippen molar-refractivity contribution in [3.63, 3.8) is 0 Å². The number of piperazine rings is 1. The van der Waals surface area contributed by atoms with Crippen LogP contribution in [-0.4, -0.2) is 105 Å². The average molecular weight is 768 g/mol. The van der Waals surface area contributed by atoms with Gasteiger partial charge >= 0.3 is 18.1 Å². The molecule has 13 nitrogen and oxygen atoms in total. The predicted octanol–water partition coefficient (Wildman–Crippen LogP) is 7.20. The van der Waals surface area contributed by atoms with Crippen LogP contribution in [0.3, 0.4) is 0 Å². The summed E-state index contributed by atoms with van der Waals surface area (Å²) in [5, 5.41) is 1.09. The van der Waals surface area contributed by atoms with Gasteiger partial charge in [-0.15, -0.1) is 6.42 Å². The van der Waals surface area contributed by atoms with Crippen LogP contribution < -0.4 is 19.1 Å². The highest BCUT2D eigenvalue weighted by molar-refractivity contribution is 5.95. The number of fused-ring (bicyclic) bond motifs is 5. The number of halogens is 1. The Labute approximate surface area is 326 Å². The number of anilines is 1. The maximum atomic E-state index is 15.2. The fourth-order valence-electron chi connectivity index (χ4n) is 9.54. The first-order valence-corrected chi connectivity index (χ1v) is 20.0. The number of nitrogens with zero attached hydrogens (tertiary/aromatic N) is 7. The van der Waals surface area contributed by atoms with Crippen molar-refractivity contribution in [2.45, 2.75) is 108 Å². The zero-order chi connectivity index (χ0) is 38.8. The van der Waals surface area contributed by atoms with Crippen LogP contribution in [-0.2, 0) is 9.47 Å². The van der Waals surface area contributed by atoms with Crippen LogP contribution in [0.2, 0.25) is 0 Å². The first-order chi connectivity index (χ1) is 27.0. The number of ether oxygens (including phenoxy) is 5. The number of terminal acetylenes is 1. The van der Waals surface area contributed by atoms with Crippen LogP contribution in [0.15, 0.2) is 24.3 Å². The first kappa shape index (κ1) is 36.7. The molecule has 2 unspecified atom stereocenters. The van der Waals surface area contributed by atoms with Gasteiger partial charge in [0.2, 0.25) is 0 Å². The molecule has 2 aromatic heterocycles. The van der Waals surface area contributed by atoms with Gasteiger partial charge in [-0.2, -0.15) is 15.0 Å². The predicted molar refractivity (Wildman–Crippen MR) is 208 cm³/mol. The quantitative estimate of drug-likeness (QED) is 0.121. The van der Waals surface area contributed by atoms with E-state index < -0.39 is 11.4 Å². The van der Waals surface area contributed by atoms with Gasteiger partial charge in [0.05, 0.1) is 23.2 Å². The largest absolute Gasteiger partial charge is 0.467 e. The Morgan fingerprint density at radius 1 is 0.982 bits per heavy atom. The summed E-state index contributed by atoms with van der Waals surface area (Å²) in [5.74, 6) is 3.47. The Balaban J connectivity index is 1.15. The molecule has 6 heterocycles. The molecular weight excluding hydrogens is 718 g/mol. The Kier molecular flexibility index (Phi) is 9.36. The maximum Gasteiger partial charge on any atom is 0.410 e. The van der Waals surface area contributed by atoms with E-state index in [2.05, 4.69) is 20.3 Å². The van der Waals surface area contributed by atoms with Crippen LogP contribution in [0.25, 0.3) is 21.9 Å². The Bertz CT molecular complexity index is 2190. The van der Waals surface area contributed by atoms with Gasteiger partial charge in [-0.3, -0.25) is 14.4 Å². The first-order valence-electron chi connectivity index (χ1n) is 20.0. The highest BCUT2D eigenvalue weighted by Crippen LogP contribution is 2.46. The molecule has 4 saturated heterocycles. The molecule has 56 heavy (non-hydrogen) atoms. The number of aromatic nitrogens is 4. The third-order valence-electron chi connectivity index (χ3n) is 12.3. The summed E-state index contributed by atoms with van der Waals surface area (Å²) in [6, 6.07) is 7.01. The fourth-order valence-corrected chi connectivity index (χ4v) is 9.54. The Hall–Kier alpha value is -4.87. The average Bonchev–Trinajstić information content (AvgIpc) is 3.88. The lowest BCUT2D eigenvalue weighted by Gasteiger charge is -2.42. The van der Waals surface area contributed by atoms with Crippen molar-refractivity contribution in [2.75, 3.05) is 51.6 Å². The lowest BCUT2D eigenvalue weighted by molar-refractivity contribution is 0.0122. The summed E-state index contributed by atoms with van der Waals surface area (Å²) in [6.07, 6.45) is 14.7. The van der Waals surface area contributed by atoms with Gasteiger partial charge in [-0.1, -0.05) is 12.0 Å². The van der Waals surface area contributed by atoms with Crippen molar-refractivity contribution in [1.82, 2.24) is 29.3 Å². The highest BCUT2D eigenvalue weighted by atomic mass is 19.1. The molecule has 9 rings (SSSR count). The SMILES string of the molecule is C#Cc1c(F)ccc2cc(OCOC)cc(Oc3nc4nc(OCC56CCCN5CCC6)nc(N5CC6CCC(C5)N6C(=O)OC(C)(C)C)c4n3C3CCC3)c12. The van der Waals surface area contributed by atoms with Crippen LogP contribution >= 0.6 is 0 Å². The zero-order valence-corrected chi connectivity index (χ0v) is 32.7. The normalized spacial score (nSPS) is 22.0. The van der Waals surface area contributed by atoms with E-state index in [1.54, 1.807) is 25.3 Å². The molecule has 4 aliphatic heterocycles. The Morgan fingerprint density at radius 2 is 1.73 bits per heavy atom. The number of carbonyl (C=O) groups excluding carboxylic acids is 1. The molecule has 2 atom stereocenters. The Morgan fingerprint density at radius 3 is 2.39 bits per heavy atom. The number of hydrogen-bond donors (Lipinski definition) is 0. The minimum atomic E-state index is -0.592. The molecule has 5 aliphatic rings. The van der Waals surface area contributed by atoms with Crippen molar-refractivity contribution in [2.24, 2.45) is 0 Å². The molecule has 14 heteroatoms. The van der Waals surface area contributed by atoms with E-state index in [1.165, 1.54) is 6.07 Å². The minimum absolute atomic E-state index is 0.00282. The third-order valence-corrected chi connectivity index (χ3v) is 12.3. The summed E-state index contributed by atoms with van der Waals surface area (Å²) >= 11 is 0. The zero-order valence-electron chi connectivity index (χ0n) is 32.7. The van der Waals surface area contributed by atoms with E-state index >= 15 is 4.39 Å². The van der Waals surface area contributed by atoms with E-state index in [9.17, 15) is 4.79 Å². The van der Waals surface area contributed by atoms with Crippen LogP contribution in [0.1, 0.15) is 90.2 Å². The number of rotatable bonds is 10. The topological polar surface area (TPSA) is 117 Å². The van der Waals surface area contributed by atoms with E-state index in [4.69, 9.17) is 45.1 Å². The molecule has 1 saturated carbocycles. The van der Waals surface area contributed by atoms with Crippen molar-refractivity contribution in [1.29, 1.82) is 0 Å². The molecular formula is C42H50FN7O6. The van der Waals surface area contributed by atoms with Gasteiger partial charge in [0.15, 0.2) is 18.3 Å². The van der Waals surface area contributed by atoms with Crippen LogP contribution in [0, 0.1) is 18.2 Å². The van der Waals surface area contributed by atoms with Gasteiger partial charge in [0.25, 0.3) is 0 Å². The lowest BCUT2D eigenvalue weighted by atomic mass is 9.93. The molecule has 2 aromatic carbocycles. The maximum absolute atomic E-state index is 15.2. The van der Waals surface area contributed by atoms with Gasteiger partial charge in [-0.25, -0.2) is 9.18 Å². The summed E-state index contributed by atoms with van der Waals surface area (Å²) < 4.78 is 47.6. The molecule has 296 valence electrons. The second-order valence-electron chi connectivity index (χ2n) is 17.0. The van der Waals surface area contributed by atoms with Crippen molar-refractivity contribution in [3.8, 4) is 35.9 Å². The van der Waals surface area contributed by atoms with Crippen LogP contribution in [0.4, 0.5) is 15.0 Å². The number of imidazole rings is 1. The van der Waals surface area contributed by atoms with E-state index in [0.29, 0.717) is 59.4 Å². The van der Waals surface area contributed by atoms with Gasteiger partial charge in [0.1, 0.15) is 35.0 Å². The molecule has 5 fully saturated rings. The molecule has 0 radical (unpaired) electrons. The number of carbonyl (C=O) groups is 1. The fraction of sp³-hybridized carbons (Fsp3) is 0.571. The smallest absolute Gasteiger partial charge is 0.410 e. The molecule has 1 amide bonds. The standard InChI is InChI=1S/C42H50FN7O6/c1-6-31-32(43)15-12-26-20-30(54-25-52-5)21-33(34(26)31)55-39-45-36-35(50(39)27-10-7-11-27)37(46-38(44-36)53-24-42-16-8-18-48(42)19-9-17-42)47-22-28-13-14-29(23-47)49(28)40(51)56-41(2,3)4/h1,12,15,20-21,27-29H,7-11,13-14,16-19,22-25H2,2-5H3. The number of hydrogen-bond acceptors (Lipinski definition) is 11. The monoisotopic (exact) mass is 767 g/mol. The van der Waals surface area contributed by atoms with Crippen molar-refractivity contribution in [3.05, 3.63) is 35.6 Å². The van der Waals surface area contributed by atoms with Gasteiger partial charge in [-0.05, 0) is 109 Å². The molecule has 0 spiro atoms. The second kappa shape index (κ2) is 14.3. The van der Waals surface area contributed by atoms with Gasteiger partial charge in [0, 0.05) is 37.7 Å². The molecule has 1 aliphatic carbocycles. The molecule has 4 aromatic rings. The van der Waals surface area contributed by atoms with Gasteiger partial charge < -0.3 is 28.6 Å². The molecule has 0 N–H and O–H groups in total. The summed E-state index contributed by atoms with van der Waals surface area (Å²) in [7, 11) is 1.54. The number of benzene rings is 2. The summed E-state index contributed by atoms with van der Waals surface area (Å²) in [6.45, 7) is 9.52. The van der Waals surface area contributed by atoms with Crippen LogP contribution in [0.5, 0.6) is 23.5 Å².